The van der Waals surface area contributed by atoms with E-state index in [1.165, 1.54) is 19.4 Å². The van der Waals surface area contributed by atoms with Crippen LogP contribution < -0.4 is 0 Å². The fourth-order valence-corrected chi connectivity index (χ4v) is 4.52. The van der Waals surface area contributed by atoms with Crippen molar-refractivity contribution in [1.29, 1.82) is 0 Å². The van der Waals surface area contributed by atoms with Gasteiger partial charge in [-0.1, -0.05) is 12.1 Å². The van der Waals surface area contributed by atoms with Crippen molar-refractivity contribution in [3.8, 4) is 11.1 Å². The van der Waals surface area contributed by atoms with Crippen LogP contribution in [0, 0.1) is 19.8 Å². The lowest BCUT2D eigenvalue weighted by Gasteiger charge is -2.35. The summed E-state index contributed by atoms with van der Waals surface area (Å²) in [6, 6.07) is 8.43. The quantitative estimate of drug-likeness (QED) is 0.735. The number of nitrogens with zero attached hydrogens (tertiary/aromatic N) is 3. The number of aryl methyl sites for hydroxylation is 2. The fourth-order valence-electron chi connectivity index (χ4n) is 4.52. The van der Waals surface area contributed by atoms with Gasteiger partial charge in [0.05, 0.1) is 0 Å². The number of amides is 1. The van der Waals surface area contributed by atoms with E-state index in [1.54, 1.807) is 0 Å². The van der Waals surface area contributed by atoms with E-state index in [0.29, 0.717) is 0 Å². The fraction of sp³-hybridized carbons (Fsp3) is 0.417. The summed E-state index contributed by atoms with van der Waals surface area (Å²) < 4.78 is 0. The molecule has 5 heteroatoms. The number of piperazine rings is 1. The van der Waals surface area contributed by atoms with Crippen LogP contribution in [0.2, 0.25) is 0 Å². The van der Waals surface area contributed by atoms with Gasteiger partial charge in [-0.15, -0.1) is 0 Å². The Bertz CT molecular complexity index is 1030. The molecule has 1 saturated carbocycles. The number of benzene rings is 1. The summed E-state index contributed by atoms with van der Waals surface area (Å²) in [5.41, 5.74) is 6.03. The molecular formula is C24H28N4O. The van der Waals surface area contributed by atoms with Gasteiger partial charge in [-0.25, -0.2) is 4.98 Å². The topological polar surface area (TPSA) is 52.2 Å². The summed E-state index contributed by atoms with van der Waals surface area (Å²) >= 11 is 0. The Labute approximate surface area is 171 Å². The summed E-state index contributed by atoms with van der Waals surface area (Å²) in [4.78, 5) is 25.5. The van der Waals surface area contributed by atoms with Gasteiger partial charge >= 0.3 is 0 Å². The molecule has 0 bridgehead atoms. The van der Waals surface area contributed by atoms with Gasteiger partial charge in [0.2, 0.25) is 0 Å². The van der Waals surface area contributed by atoms with Gasteiger partial charge in [-0.05, 0) is 61.4 Å². The highest BCUT2D eigenvalue weighted by atomic mass is 16.2. The summed E-state index contributed by atoms with van der Waals surface area (Å²) in [6.07, 6.45) is 6.57. The Morgan fingerprint density at radius 2 is 1.79 bits per heavy atom. The number of pyridine rings is 1. The van der Waals surface area contributed by atoms with Crippen LogP contribution in [0.1, 0.15) is 34.3 Å². The highest BCUT2D eigenvalue weighted by Gasteiger charge is 2.28. The van der Waals surface area contributed by atoms with Crippen molar-refractivity contribution in [2.75, 3.05) is 32.7 Å². The average Bonchev–Trinajstić information content (AvgIpc) is 3.40. The molecule has 1 amide bonds. The third-order valence-electron chi connectivity index (χ3n) is 6.35. The Morgan fingerprint density at radius 1 is 1.07 bits per heavy atom. The highest BCUT2D eigenvalue weighted by molar-refractivity contribution is 5.98. The molecule has 0 atom stereocenters. The first-order chi connectivity index (χ1) is 14.1. The maximum absolute atomic E-state index is 13.3. The second-order valence-corrected chi connectivity index (χ2v) is 8.66. The van der Waals surface area contributed by atoms with Gasteiger partial charge in [-0.3, -0.25) is 9.69 Å². The van der Waals surface area contributed by atoms with E-state index in [4.69, 9.17) is 0 Å². The second kappa shape index (κ2) is 7.30. The van der Waals surface area contributed by atoms with Gasteiger partial charge in [0, 0.05) is 61.6 Å². The van der Waals surface area contributed by atoms with Crippen LogP contribution in [0.15, 0.2) is 36.7 Å². The third-order valence-corrected chi connectivity index (χ3v) is 6.35. The highest BCUT2D eigenvalue weighted by Crippen LogP contribution is 2.30. The van der Waals surface area contributed by atoms with E-state index in [1.807, 2.05) is 23.4 Å². The van der Waals surface area contributed by atoms with Crippen LogP contribution in [0.5, 0.6) is 0 Å². The number of H-pyrrole nitrogens is 1. The largest absolute Gasteiger partial charge is 0.346 e. The molecule has 3 aromatic rings. The van der Waals surface area contributed by atoms with Crippen molar-refractivity contribution in [3.63, 3.8) is 0 Å². The molecule has 0 unspecified atom stereocenters. The number of carbonyl (C=O) groups is 1. The molecule has 2 aromatic heterocycles. The molecule has 1 saturated heterocycles. The molecule has 0 radical (unpaired) electrons. The van der Waals surface area contributed by atoms with E-state index in [-0.39, 0.29) is 5.91 Å². The van der Waals surface area contributed by atoms with Gasteiger partial charge < -0.3 is 9.88 Å². The number of aromatic amines is 1. The van der Waals surface area contributed by atoms with Crippen LogP contribution in [0.25, 0.3) is 22.2 Å². The molecule has 1 aliphatic heterocycles. The van der Waals surface area contributed by atoms with Crippen LogP contribution in [-0.2, 0) is 0 Å². The van der Waals surface area contributed by atoms with Gasteiger partial charge in [0.15, 0.2) is 0 Å². The van der Waals surface area contributed by atoms with E-state index < -0.39 is 0 Å². The molecule has 0 spiro atoms. The van der Waals surface area contributed by atoms with Crippen molar-refractivity contribution >= 4 is 16.9 Å². The molecule has 3 heterocycles. The van der Waals surface area contributed by atoms with Crippen LogP contribution in [0.3, 0.4) is 0 Å². The molecular weight excluding hydrogens is 360 g/mol. The summed E-state index contributed by atoms with van der Waals surface area (Å²) in [5, 5.41) is 1.10. The Hall–Kier alpha value is -2.66. The second-order valence-electron chi connectivity index (χ2n) is 8.66. The summed E-state index contributed by atoms with van der Waals surface area (Å²) in [6.45, 7) is 8.99. The molecule has 5 nitrogen and oxygen atoms in total. The predicted molar refractivity (Wildman–Crippen MR) is 116 cm³/mol. The van der Waals surface area contributed by atoms with E-state index >= 15 is 0 Å². The zero-order chi connectivity index (χ0) is 20.0. The third kappa shape index (κ3) is 3.67. The number of fused-ring (bicyclic) bond motifs is 1. The van der Waals surface area contributed by atoms with Crippen molar-refractivity contribution in [3.05, 3.63) is 53.3 Å². The maximum atomic E-state index is 13.3. The standard InChI is InChI=1S/C24H28N4O/c1-16-11-20(21-13-19-5-6-25-23(19)26-14-21)12-17(2)22(16)24(29)28-9-7-27(8-10-28)15-18-3-4-18/h5-6,11-14,18H,3-4,7-10,15H2,1-2H3,(H,25,26). The first-order valence-electron chi connectivity index (χ1n) is 10.6. The molecule has 2 aliphatic rings. The van der Waals surface area contributed by atoms with Crippen molar-refractivity contribution in [2.45, 2.75) is 26.7 Å². The smallest absolute Gasteiger partial charge is 0.254 e. The number of rotatable bonds is 4. The zero-order valence-corrected chi connectivity index (χ0v) is 17.2. The first-order valence-corrected chi connectivity index (χ1v) is 10.6. The van der Waals surface area contributed by atoms with Crippen LogP contribution >= 0.6 is 0 Å². The molecule has 1 N–H and O–H groups in total. The van der Waals surface area contributed by atoms with Crippen molar-refractivity contribution in [2.24, 2.45) is 5.92 Å². The monoisotopic (exact) mass is 388 g/mol. The average molecular weight is 389 g/mol. The Morgan fingerprint density at radius 3 is 2.48 bits per heavy atom. The minimum atomic E-state index is 0.178. The van der Waals surface area contributed by atoms with Gasteiger partial charge in [0.25, 0.3) is 5.91 Å². The molecule has 150 valence electrons. The number of nitrogens with one attached hydrogen (secondary N) is 1. The van der Waals surface area contributed by atoms with Gasteiger partial charge in [-0.2, -0.15) is 0 Å². The predicted octanol–water partition coefficient (Wildman–Crippen LogP) is 4.01. The van der Waals surface area contributed by atoms with E-state index in [9.17, 15) is 4.79 Å². The van der Waals surface area contributed by atoms with Gasteiger partial charge in [0.1, 0.15) is 5.65 Å². The SMILES string of the molecule is Cc1cc(-c2cnc3[nH]ccc3c2)cc(C)c1C(=O)N1CCN(CC2CC2)CC1. The number of hydrogen-bond donors (Lipinski definition) is 1. The minimum absolute atomic E-state index is 0.178. The first kappa shape index (κ1) is 18.4. The molecule has 5 rings (SSSR count). The normalized spacial score (nSPS) is 17.8. The number of hydrogen-bond acceptors (Lipinski definition) is 3. The van der Waals surface area contributed by atoms with Crippen molar-refractivity contribution in [1.82, 2.24) is 19.8 Å². The number of aromatic nitrogens is 2. The van der Waals surface area contributed by atoms with Crippen molar-refractivity contribution < 1.29 is 4.79 Å². The lowest BCUT2D eigenvalue weighted by molar-refractivity contribution is 0.0630. The zero-order valence-electron chi connectivity index (χ0n) is 17.2. The molecule has 2 fully saturated rings. The van der Waals surface area contributed by atoms with E-state index in [0.717, 1.165) is 70.9 Å². The van der Waals surface area contributed by atoms with Crippen LogP contribution in [-0.4, -0.2) is 58.4 Å². The molecule has 29 heavy (non-hydrogen) atoms. The summed E-state index contributed by atoms with van der Waals surface area (Å²) in [5.74, 6) is 1.09. The lowest BCUT2D eigenvalue weighted by atomic mass is 9.95. The maximum Gasteiger partial charge on any atom is 0.254 e. The van der Waals surface area contributed by atoms with Crippen LogP contribution in [0.4, 0.5) is 0 Å². The molecule has 1 aliphatic carbocycles. The van der Waals surface area contributed by atoms with E-state index in [2.05, 4.69) is 46.9 Å². The molecule has 1 aromatic carbocycles. The Balaban J connectivity index is 1.35. The summed E-state index contributed by atoms with van der Waals surface area (Å²) in [7, 11) is 0. The Kier molecular flexibility index (Phi) is 4.63. The minimum Gasteiger partial charge on any atom is -0.346 e. The number of carbonyl (C=O) groups excluding carboxylic acids is 1. The lowest BCUT2D eigenvalue weighted by Crippen LogP contribution is -2.49.